The summed E-state index contributed by atoms with van der Waals surface area (Å²) in [7, 11) is 0. The average Bonchev–Trinajstić information content (AvgIpc) is 2.93. The zero-order valence-electron chi connectivity index (χ0n) is 10.3. The molecule has 3 rings (SSSR count). The van der Waals surface area contributed by atoms with E-state index >= 15 is 0 Å². The SMILES string of the molecule is O=C(N[C@@H]1CCc2[nH]c(=O)ccc2C1)c1cccs1. The van der Waals surface area contributed by atoms with Gasteiger partial charge in [0.25, 0.3) is 5.91 Å². The fourth-order valence-electron chi connectivity index (χ4n) is 2.44. The molecule has 2 aromatic heterocycles. The van der Waals surface area contributed by atoms with Gasteiger partial charge in [-0.25, -0.2) is 0 Å². The lowest BCUT2D eigenvalue weighted by Gasteiger charge is -2.24. The number of fused-ring (bicyclic) bond motifs is 1. The predicted molar refractivity (Wildman–Crippen MR) is 74.7 cm³/mol. The van der Waals surface area contributed by atoms with E-state index in [1.165, 1.54) is 11.3 Å². The quantitative estimate of drug-likeness (QED) is 0.876. The van der Waals surface area contributed by atoms with Crippen LogP contribution in [0.4, 0.5) is 0 Å². The zero-order chi connectivity index (χ0) is 13.2. The molecule has 1 amide bonds. The summed E-state index contributed by atoms with van der Waals surface area (Å²) >= 11 is 1.45. The molecule has 0 bridgehead atoms. The van der Waals surface area contributed by atoms with Crippen molar-refractivity contribution in [3.05, 3.63) is 56.1 Å². The van der Waals surface area contributed by atoms with Crippen molar-refractivity contribution in [3.8, 4) is 0 Å². The van der Waals surface area contributed by atoms with E-state index in [2.05, 4.69) is 10.3 Å². The second kappa shape index (κ2) is 5.01. The van der Waals surface area contributed by atoms with Crippen molar-refractivity contribution in [3.63, 3.8) is 0 Å². The Bertz CT molecular complexity index is 646. The fraction of sp³-hybridized carbons (Fsp3) is 0.286. The van der Waals surface area contributed by atoms with Crippen LogP contribution in [0.2, 0.25) is 0 Å². The molecule has 2 aromatic rings. The van der Waals surface area contributed by atoms with Crippen molar-refractivity contribution in [2.75, 3.05) is 0 Å². The number of carbonyl (C=O) groups excluding carboxylic acids is 1. The number of pyridine rings is 1. The predicted octanol–water partition coefficient (Wildman–Crippen LogP) is 1.72. The smallest absolute Gasteiger partial charge is 0.261 e. The van der Waals surface area contributed by atoms with Gasteiger partial charge in [0.05, 0.1) is 4.88 Å². The van der Waals surface area contributed by atoms with Crippen LogP contribution in [0, 0.1) is 0 Å². The summed E-state index contributed by atoms with van der Waals surface area (Å²) in [4.78, 5) is 26.8. The summed E-state index contributed by atoms with van der Waals surface area (Å²) in [6.07, 6.45) is 2.45. The topological polar surface area (TPSA) is 62.0 Å². The van der Waals surface area contributed by atoms with E-state index in [0.717, 1.165) is 35.4 Å². The van der Waals surface area contributed by atoms with E-state index in [1.54, 1.807) is 6.07 Å². The molecule has 0 aliphatic heterocycles. The molecule has 2 N–H and O–H groups in total. The molecule has 1 aliphatic rings. The summed E-state index contributed by atoms with van der Waals surface area (Å²) < 4.78 is 0. The highest BCUT2D eigenvalue weighted by Gasteiger charge is 2.21. The summed E-state index contributed by atoms with van der Waals surface area (Å²) in [5.74, 6) is -0.00660. The number of aromatic amines is 1. The van der Waals surface area contributed by atoms with Gasteiger partial charge < -0.3 is 10.3 Å². The van der Waals surface area contributed by atoms with E-state index in [4.69, 9.17) is 0 Å². The largest absolute Gasteiger partial charge is 0.348 e. The Hall–Kier alpha value is -1.88. The van der Waals surface area contributed by atoms with Crippen LogP contribution >= 0.6 is 11.3 Å². The van der Waals surface area contributed by atoms with Crippen LogP contribution < -0.4 is 10.9 Å². The number of carbonyl (C=O) groups is 1. The van der Waals surface area contributed by atoms with Gasteiger partial charge in [-0.1, -0.05) is 12.1 Å². The first-order valence-electron chi connectivity index (χ1n) is 6.28. The first-order chi connectivity index (χ1) is 9.22. The summed E-state index contributed by atoms with van der Waals surface area (Å²) in [5.41, 5.74) is 2.08. The van der Waals surface area contributed by atoms with Crippen LogP contribution in [0.1, 0.15) is 27.3 Å². The van der Waals surface area contributed by atoms with Crippen molar-refractivity contribution >= 4 is 17.2 Å². The van der Waals surface area contributed by atoms with E-state index in [0.29, 0.717) is 0 Å². The normalized spacial score (nSPS) is 17.8. The van der Waals surface area contributed by atoms with Crippen molar-refractivity contribution < 1.29 is 4.79 Å². The molecule has 0 fully saturated rings. The Balaban J connectivity index is 1.71. The number of rotatable bonds is 2. The number of thiophene rings is 1. The molecule has 0 unspecified atom stereocenters. The van der Waals surface area contributed by atoms with Crippen LogP contribution in [0.25, 0.3) is 0 Å². The number of H-pyrrole nitrogens is 1. The second-order valence-electron chi connectivity index (χ2n) is 4.72. The lowest BCUT2D eigenvalue weighted by Crippen LogP contribution is -2.39. The third-order valence-corrected chi connectivity index (χ3v) is 4.26. The molecule has 98 valence electrons. The molecule has 0 saturated carbocycles. The Morgan fingerprint density at radius 2 is 2.26 bits per heavy atom. The number of aryl methyl sites for hydroxylation is 1. The van der Waals surface area contributed by atoms with Crippen LogP contribution in [-0.4, -0.2) is 16.9 Å². The molecule has 19 heavy (non-hydrogen) atoms. The fourth-order valence-corrected chi connectivity index (χ4v) is 3.06. The minimum atomic E-state index is -0.0557. The Morgan fingerprint density at radius 3 is 3.05 bits per heavy atom. The molecule has 0 aromatic carbocycles. The number of amides is 1. The van der Waals surface area contributed by atoms with Crippen molar-refractivity contribution in [2.24, 2.45) is 0 Å². The van der Waals surface area contributed by atoms with Gasteiger partial charge in [0.2, 0.25) is 5.56 Å². The van der Waals surface area contributed by atoms with Crippen LogP contribution in [0.15, 0.2) is 34.4 Å². The standard InChI is InChI=1S/C14H14N2O2S/c17-13-6-3-9-8-10(4-5-11(9)16-13)15-14(18)12-2-1-7-19-12/h1-3,6-7,10H,4-5,8H2,(H,15,18)(H,16,17)/t10-/m1/s1. The maximum absolute atomic E-state index is 12.0. The van der Waals surface area contributed by atoms with Gasteiger partial charge in [-0.2, -0.15) is 0 Å². The van der Waals surface area contributed by atoms with Crippen molar-refractivity contribution in [1.82, 2.24) is 10.3 Å². The highest BCUT2D eigenvalue weighted by molar-refractivity contribution is 7.12. The number of hydrogen-bond donors (Lipinski definition) is 2. The molecule has 0 radical (unpaired) electrons. The van der Waals surface area contributed by atoms with Crippen LogP contribution in [0.5, 0.6) is 0 Å². The summed E-state index contributed by atoms with van der Waals surface area (Å²) in [6.45, 7) is 0. The number of nitrogens with one attached hydrogen (secondary N) is 2. The van der Waals surface area contributed by atoms with E-state index in [1.807, 2.05) is 23.6 Å². The van der Waals surface area contributed by atoms with Gasteiger partial charge in [-0.05, 0) is 36.3 Å². The number of aromatic nitrogens is 1. The highest BCUT2D eigenvalue weighted by Crippen LogP contribution is 2.19. The minimum Gasteiger partial charge on any atom is -0.348 e. The molecule has 4 nitrogen and oxygen atoms in total. The molecule has 1 aliphatic carbocycles. The van der Waals surface area contributed by atoms with Gasteiger partial charge in [0, 0.05) is 17.8 Å². The summed E-state index contributed by atoms with van der Waals surface area (Å²) in [6, 6.07) is 7.25. The maximum Gasteiger partial charge on any atom is 0.261 e. The summed E-state index contributed by atoms with van der Waals surface area (Å²) in [5, 5.41) is 4.95. The Morgan fingerprint density at radius 1 is 1.37 bits per heavy atom. The van der Waals surface area contributed by atoms with Gasteiger partial charge >= 0.3 is 0 Å². The van der Waals surface area contributed by atoms with Gasteiger partial charge in [-0.15, -0.1) is 11.3 Å². The zero-order valence-corrected chi connectivity index (χ0v) is 11.1. The van der Waals surface area contributed by atoms with E-state index in [-0.39, 0.29) is 17.5 Å². The Labute approximate surface area is 114 Å². The van der Waals surface area contributed by atoms with E-state index in [9.17, 15) is 9.59 Å². The Kier molecular flexibility index (Phi) is 3.21. The third-order valence-electron chi connectivity index (χ3n) is 3.39. The minimum absolute atomic E-state index is 0.00660. The first kappa shape index (κ1) is 12.2. The molecular weight excluding hydrogens is 260 g/mol. The molecule has 2 heterocycles. The van der Waals surface area contributed by atoms with Gasteiger partial charge in [-0.3, -0.25) is 9.59 Å². The first-order valence-corrected chi connectivity index (χ1v) is 7.16. The van der Waals surface area contributed by atoms with Crippen molar-refractivity contribution in [2.45, 2.75) is 25.3 Å². The number of hydrogen-bond acceptors (Lipinski definition) is 3. The van der Waals surface area contributed by atoms with Crippen LogP contribution in [0.3, 0.4) is 0 Å². The average molecular weight is 274 g/mol. The molecular formula is C14H14N2O2S. The maximum atomic E-state index is 12.0. The monoisotopic (exact) mass is 274 g/mol. The van der Waals surface area contributed by atoms with Gasteiger partial charge in [0.1, 0.15) is 0 Å². The van der Waals surface area contributed by atoms with E-state index < -0.39 is 0 Å². The van der Waals surface area contributed by atoms with Gasteiger partial charge in [0.15, 0.2) is 0 Å². The highest BCUT2D eigenvalue weighted by atomic mass is 32.1. The molecule has 5 heteroatoms. The third kappa shape index (κ3) is 2.61. The lowest BCUT2D eigenvalue weighted by molar-refractivity contribution is 0.0937. The molecule has 0 spiro atoms. The van der Waals surface area contributed by atoms with Crippen LogP contribution in [-0.2, 0) is 12.8 Å². The lowest BCUT2D eigenvalue weighted by atomic mass is 9.92. The van der Waals surface area contributed by atoms with Crippen molar-refractivity contribution in [1.29, 1.82) is 0 Å². The second-order valence-corrected chi connectivity index (χ2v) is 5.66. The molecule has 1 atom stereocenters. The molecule has 0 saturated heterocycles.